The normalized spacial score (nSPS) is 22.1. The molecule has 1 spiro atoms. The number of nitrogens with zero attached hydrogens (tertiary/aromatic N) is 4. The number of aryl methyl sites for hydroxylation is 1. The number of β-amino-alcohol motifs (C(OH)–C–C–N with tert-alkyl or cyclic N) is 1. The van der Waals surface area contributed by atoms with Gasteiger partial charge in [0.05, 0.1) is 22.2 Å². The molecule has 5 heterocycles. The number of aromatic nitrogens is 2. The maximum Gasteiger partial charge on any atom is 0.242 e. The topological polar surface area (TPSA) is 124 Å². The number of aliphatic hydroxyl groups excluding tert-OH is 1. The van der Waals surface area contributed by atoms with E-state index in [9.17, 15) is 14.7 Å². The molecule has 0 radical (unpaired) electrons. The fraction of sp³-hybridized carbons (Fsp3) is 0.533. The summed E-state index contributed by atoms with van der Waals surface area (Å²) in [6.45, 7) is 10.4. The lowest BCUT2D eigenvalue weighted by Crippen LogP contribution is -2.71. The van der Waals surface area contributed by atoms with Crippen molar-refractivity contribution in [1.82, 2.24) is 25.7 Å². The Morgan fingerprint density at radius 2 is 2.00 bits per heavy atom. The molecule has 0 bridgehead atoms. The highest BCUT2D eigenvalue weighted by Crippen LogP contribution is 2.39. The molecule has 2 aromatic heterocycles. The molecule has 1 aromatic carbocycles. The molecule has 3 saturated heterocycles. The van der Waals surface area contributed by atoms with Crippen LogP contribution in [-0.4, -0.2) is 83.4 Å². The SMILES string of the molecule is Cc1ncsc1-c1ccc(CCNC(=O)[C@@H]2C[C@H](O)CN2C(=O)[C@H](c2cc(N3CC4(CNC4)C3)no2)C(C)C)cc1. The minimum atomic E-state index is -0.746. The van der Waals surface area contributed by atoms with E-state index in [0.29, 0.717) is 24.1 Å². The average molecular weight is 579 g/mol. The predicted octanol–water partition coefficient (Wildman–Crippen LogP) is 2.58. The Bertz CT molecular complexity index is 1390. The van der Waals surface area contributed by atoms with Crippen LogP contribution in [0.1, 0.15) is 43.2 Å². The minimum absolute atomic E-state index is 0.0694. The van der Waals surface area contributed by atoms with Crippen molar-refractivity contribution in [2.45, 2.75) is 51.7 Å². The molecule has 3 aliphatic heterocycles. The summed E-state index contributed by atoms with van der Waals surface area (Å²) in [5.41, 5.74) is 5.47. The summed E-state index contributed by atoms with van der Waals surface area (Å²) in [4.78, 5) is 36.3. The maximum absolute atomic E-state index is 13.8. The summed E-state index contributed by atoms with van der Waals surface area (Å²) in [6, 6.07) is 9.44. The first-order valence-electron chi connectivity index (χ1n) is 14.4. The van der Waals surface area contributed by atoms with Crippen molar-refractivity contribution in [3.8, 4) is 10.4 Å². The summed E-state index contributed by atoms with van der Waals surface area (Å²) < 4.78 is 5.70. The molecule has 41 heavy (non-hydrogen) atoms. The molecule has 218 valence electrons. The number of hydrogen-bond donors (Lipinski definition) is 3. The quantitative estimate of drug-likeness (QED) is 0.354. The van der Waals surface area contributed by atoms with Crippen LogP contribution in [0.4, 0.5) is 5.82 Å². The van der Waals surface area contributed by atoms with Crippen molar-refractivity contribution >= 4 is 29.0 Å². The number of nitrogens with one attached hydrogen (secondary N) is 2. The van der Waals surface area contributed by atoms with Crippen LogP contribution in [-0.2, 0) is 16.0 Å². The molecular formula is C30H38N6O4S. The van der Waals surface area contributed by atoms with Crippen LogP contribution in [0, 0.1) is 18.3 Å². The number of anilines is 1. The van der Waals surface area contributed by atoms with Gasteiger partial charge in [-0.1, -0.05) is 43.3 Å². The molecule has 2 amide bonds. The maximum atomic E-state index is 13.8. The van der Waals surface area contributed by atoms with E-state index < -0.39 is 18.1 Å². The van der Waals surface area contributed by atoms with E-state index >= 15 is 0 Å². The number of carbonyl (C=O) groups excluding carboxylic acids is 2. The van der Waals surface area contributed by atoms with Gasteiger partial charge in [-0.15, -0.1) is 11.3 Å². The van der Waals surface area contributed by atoms with E-state index in [0.717, 1.165) is 53.7 Å². The van der Waals surface area contributed by atoms with Crippen LogP contribution in [0.2, 0.25) is 0 Å². The first-order valence-corrected chi connectivity index (χ1v) is 15.3. The van der Waals surface area contributed by atoms with Crippen LogP contribution >= 0.6 is 11.3 Å². The number of hydrogen-bond acceptors (Lipinski definition) is 9. The smallest absolute Gasteiger partial charge is 0.242 e. The zero-order valence-electron chi connectivity index (χ0n) is 23.8. The molecule has 3 aromatic rings. The largest absolute Gasteiger partial charge is 0.391 e. The van der Waals surface area contributed by atoms with Gasteiger partial charge < -0.3 is 30.1 Å². The average Bonchev–Trinajstić information content (AvgIpc) is 3.63. The zero-order valence-corrected chi connectivity index (χ0v) is 24.6. The number of carbonyl (C=O) groups is 2. The lowest BCUT2D eigenvalue weighted by molar-refractivity contribution is -0.140. The standard InChI is InChI=1S/C30H38N6O4S/c1-18(2)26(24-11-25(34-40-24)35-15-30(16-35)13-31-14-30)29(39)36-12-22(37)10-23(36)28(38)32-9-8-20-4-6-21(7-5-20)27-19(3)33-17-41-27/h4-7,11,17-18,22-23,26,31,37H,8-10,12-16H2,1-3H3,(H,32,38)/t22-,23-,26-/m0/s1. The van der Waals surface area contributed by atoms with Gasteiger partial charge >= 0.3 is 0 Å². The second kappa shape index (κ2) is 11.2. The van der Waals surface area contributed by atoms with E-state index in [1.807, 2.05) is 32.3 Å². The van der Waals surface area contributed by atoms with Crippen LogP contribution in [0.5, 0.6) is 0 Å². The number of amides is 2. The highest BCUT2D eigenvalue weighted by atomic mass is 32.1. The van der Waals surface area contributed by atoms with Crippen LogP contribution in [0.3, 0.4) is 0 Å². The Morgan fingerprint density at radius 1 is 1.24 bits per heavy atom. The van der Waals surface area contributed by atoms with Crippen LogP contribution in [0.15, 0.2) is 40.4 Å². The summed E-state index contributed by atoms with van der Waals surface area (Å²) in [5.74, 6) is 0.148. The molecule has 0 unspecified atom stereocenters. The Hall–Kier alpha value is -3.28. The summed E-state index contributed by atoms with van der Waals surface area (Å²) >= 11 is 1.62. The second-order valence-electron chi connectivity index (χ2n) is 12.2. The fourth-order valence-corrected chi connectivity index (χ4v) is 7.08. The molecule has 6 rings (SSSR count). The van der Waals surface area contributed by atoms with E-state index in [4.69, 9.17) is 4.52 Å². The minimum Gasteiger partial charge on any atom is -0.391 e. The summed E-state index contributed by atoms with van der Waals surface area (Å²) in [5, 5.41) is 21.0. The van der Waals surface area contributed by atoms with Crippen molar-refractivity contribution in [3.63, 3.8) is 0 Å². The molecule has 11 heteroatoms. The van der Waals surface area contributed by atoms with Crippen molar-refractivity contribution in [2.24, 2.45) is 11.3 Å². The lowest BCUT2D eigenvalue weighted by Gasteiger charge is -2.56. The first-order chi connectivity index (χ1) is 19.7. The van der Waals surface area contributed by atoms with Crippen molar-refractivity contribution < 1.29 is 19.2 Å². The molecule has 10 nitrogen and oxygen atoms in total. The monoisotopic (exact) mass is 578 g/mol. The molecule has 0 saturated carbocycles. The predicted molar refractivity (Wildman–Crippen MR) is 157 cm³/mol. The molecule has 3 aliphatic rings. The van der Waals surface area contributed by atoms with Crippen molar-refractivity contribution in [1.29, 1.82) is 0 Å². The van der Waals surface area contributed by atoms with Crippen LogP contribution < -0.4 is 15.5 Å². The van der Waals surface area contributed by atoms with Gasteiger partial charge in [-0.2, -0.15) is 0 Å². The van der Waals surface area contributed by atoms with E-state index in [-0.39, 0.29) is 30.7 Å². The van der Waals surface area contributed by atoms with Gasteiger partial charge in [0, 0.05) is 57.2 Å². The Kier molecular flexibility index (Phi) is 7.60. The van der Waals surface area contributed by atoms with Gasteiger partial charge in [-0.05, 0) is 30.4 Å². The number of thiazole rings is 1. The zero-order chi connectivity index (χ0) is 28.7. The number of benzene rings is 1. The van der Waals surface area contributed by atoms with Gasteiger partial charge in [0.25, 0.3) is 0 Å². The van der Waals surface area contributed by atoms with E-state index in [1.165, 1.54) is 4.90 Å². The summed E-state index contributed by atoms with van der Waals surface area (Å²) in [6.07, 6.45) is 0.140. The third-order valence-electron chi connectivity index (χ3n) is 8.67. The van der Waals surface area contributed by atoms with E-state index in [2.05, 4.69) is 49.9 Å². The molecule has 3 fully saturated rings. The molecule has 3 atom stereocenters. The fourth-order valence-electron chi connectivity index (χ4n) is 6.27. The van der Waals surface area contributed by atoms with Gasteiger partial charge in [0.2, 0.25) is 11.8 Å². The third-order valence-corrected chi connectivity index (χ3v) is 9.65. The van der Waals surface area contributed by atoms with E-state index in [1.54, 1.807) is 11.3 Å². The molecule has 0 aliphatic carbocycles. The lowest BCUT2D eigenvalue weighted by atomic mass is 9.74. The van der Waals surface area contributed by atoms with Gasteiger partial charge in [-0.3, -0.25) is 9.59 Å². The second-order valence-corrected chi connectivity index (χ2v) is 13.0. The Morgan fingerprint density at radius 3 is 2.63 bits per heavy atom. The highest BCUT2D eigenvalue weighted by Gasteiger charge is 2.49. The first kappa shape index (κ1) is 27.9. The number of rotatable bonds is 9. The van der Waals surface area contributed by atoms with Crippen molar-refractivity contribution in [2.75, 3.05) is 44.2 Å². The summed E-state index contributed by atoms with van der Waals surface area (Å²) in [7, 11) is 0. The highest BCUT2D eigenvalue weighted by molar-refractivity contribution is 7.13. The van der Waals surface area contributed by atoms with Crippen LogP contribution in [0.25, 0.3) is 10.4 Å². The Balaban J connectivity index is 1.07. The number of aliphatic hydroxyl groups is 1. The third kappa shape index (κ3) is 5.50. The van der Waals surface area contributed by atoms with Gasteiger partial charge in [0.15, 0.2) is 11.6 Å². The Labute approximate surface area is 244 Å². The van der Waals surface area contributed by atoms with Crippen molar-refractivity contribution in [3.05, 3.63) is 52.9 Å². The van der Waals surface area contributed by atoms with Gasteiger partial charge in [-0.25, -0.2) is 4.98 Å². The van der Waals surface area contributed by atoms with Gasteiger partial charge in [0.1, 0.15) is 12.0 Å². The number of likely N-dealkylation sites (tertiary alicyclic amines) is 1. The molecule has 3 N–H and O–H groups in total. The molecular weight excluding hydrogens is 540 g/mol.